The standard InChI is InChI=1S/C20H21N3O3/c1-14(2)26-16-9-7-15(8-10-16)11-21-20(25)13-23-18-6-4-3-5-17(18)19(24)12-22-23/h3-10,12,14H,11,13H2,1-2H3,(H,21,25). The van der Waals surface area contributed by atoms with Crippen molar-refractivity contribution in [2.45, 2.75) is 33.0 Å². The highest BCUT2D eigenvalue weighted by Gasteiger charge is 2.08. The van der Waals surface area contributed by atoms with E-state index in [1.54, 1.807) is 18.2 Å². The number of carbonyl (C=O) groups is 1. The Morgan fingerprint density at radius 3 is 2.62 bits per heavy atom. The lowest BCUT2D eigenvalue weighted by atomic mass is 10.2. The first kappa shape index (κ1) is 17.7. The Balaban J connectivity index is 1.63. The van der Waals surface area contributed by atoms with E-state index in [-0.39, 0.29) is 24.0 Å². The summed E-state index contributed by atoms with van der Waals surface area (Å²) < 4.78 is 7.13. The number of rotatable bonds is 6. The van der Waals surface area contributed by atoms with Crippen LogP contribution in [0.4, 0.5) is 0 Å². The summed E-state index contributed by atoms with van der Waals surface area (Å²) in [4.78, 5) is 24.1. The number of nitrogens with zero attached hydrogens (tertiary/aromatic N) is 2. The molecule has 0 saturated heterocycles. The molecular weight excluding hydrogens is 330 g/mol. The van der Waals surface area contributed by atoms with Crippen molar-refractivity contribution in [3.63, 3.8) is 0 Å². The van der Waals surface area contributed by atoms with Gasteiger partial charge in [0.15, 0.2) is 0 Å². The van der Waals surface area contributed by atoms with Crippen LogP contribution in [0.2, 0.25) is 0 Å². The van der Waals surface area contributed by atoms with Crippen molar-refractivity contribution in [3.05, 3.63) is 70.5 Å². The molecule has 134 valence electrons. The number of amides is 1. The summed E-state index contributed by atoms with van der Waals surface area (Å²) in [6.45, 7) is 4.42. The minimum Gasteiger partial charge on any atom is -0.491 e. The highest BCUT2D eigenvalue weighted by molar-refractivity contribution is 5.81. The van der Waals surface area contributed by atoms with Crippen LogP contribution >= 0.6 is 0 Å². The lowest BCUT2D eigenvalue weighted by molar-refractivity contribution is -0.121. The molecule has 0 fully saturated rings. The predicted molar refractivity (Wildman–Crippen MR) is 100 cm³/mol. The van der Waals surface area contributed by atoms with Crippen LogP contribution in [0, 0.1) is 0 Å². The van der Waals surface area contributed by atoms with Crippen LogP contribution < -0.4 is 15.5 Å². The number of aromatic nitrogens is 2. The topological polar surface area (TPSA) is 73.2 Å². The summed E-state index contributed by atoms with van der Waals surface area (Å²) >= 11 is 0. The molecular formula is C20H21N3O3. The highest BCUT2D eigenvalue weighted by Crippen LogP contribution is 2.13. The van der Waals surface area contributed by atoms with Gasteiger partial charge in [-0.15, -0.1) is 0 Å². The molecule has 0 unspecified atom stereocenters. The molecule has 0 aliphatic carbocycles. The van der Waals surface area contributed by atoms with Gasteiger partial charge in [0.25, 0.3) is 0 Å². The summed E-state index contributed by atoms with van der Waals surface area (Å²) in [5.41, 5.74) is 1.47. The maximum atomic E-state index is 12.3. The van der Waals surface area contributed by atoms with E-state index in [2.05, 4.69) is 10.4 Å². The molecule has 0 saturated carbocycles. The van der Waals surface area contributed by atoms with Crippen molar-refractivity contribution in [2.75, 3.05) is 0 Å². The lowest BCUT2D eigenvalue weighted by Gasteiger charge is -2.11. The average Bonchev–Trinajstić information content (AvgIpc) is 2.63. The maximum absolute atomic E-state index is 12.3. The average molecular weight is 351 g/mol. The quantitative estimate of drug-likeness (QED) is 0.740. The number of benzene rings is 2. The van der Waals surface area contributed by atoms with Crippen molar-refractivity contribution in [1.29, 1.82) is 0 Å². The van der Waals surface area contributed by atoms with Gasteiger partial charge in [-0.3, -0.25) is 14.3 Å². The van der Waals surface area contributed by atoms with Crippen LogP contribution in [0.3, 0.4) is 0 Å². The third-order valence-electron chi connectivity index (χ3n) is 3.84. The molecule has 0 atom stereocenters. The first-order chi connectivity index (χ1) is 12.5. The molecule has 0 aliphatic heterocycles. The summed E-state index contributed by atoms with van der Waals surface area (Å²) in [5, 5.41) is 7.49. The van der Waals surface area contributed by atoms with Gasteiger partial charge in [-0.1, -0.05) is 24.3 Å². The number of hydrogen-bond donors (Lipinski definition) is 1. The van der Waals surface area contributed by atoms with E-state index in [1.807, 2.05) is 44.2 Å². The smallest absolute Gasteiger partial charge is 0.242 e. The SMILES string of the molecule is CC(C)Oc1ccc(CNC(=O)Cn2ncc(=O)c3ccccc32)cc1. The van der Waals surface area contributed by atoms with Crippen molar-refractivity contribution in [2.24, 2.45) is 0 Å². The zero-order valence-electron chi connectivity index (χ0n) is 14.8. The molecule has 1 N–H and O–H groups in total. The van der Waals surface area contributed by atoms with Gasteiger partial charge in [-0.05, 0) is 43.7 Å². The highest BCUT2D eigenvalue weighted by atomic mass is 16.5. The monoisotopic (exact) mass is 351 g/mol. The van der Waals surface area contributed by atoms with Crippen LogP contribution in [0.25, 0.3) is 10.9 Å². The Morgan fingerprint density at radius 2 is 1.88 bits per heavy atom. The second-order valence-corrected chi connectivity index (χ2v) is 6.27. The molecule has 6 nitrogen and oxygen atoms in total. The molecule has 2 aromatic carbocycles. The summed E-state index contributed by atoms with van der Waals surface area (Å²) in [7, 11) is 0. The molecule has 6 heteroatoms. The largest absolute Gasteiger partial charge is 0.491 e. The summed E-state index contributed by atoms with van der Waals surface area (Å²) in [6, 6.07) is 14.7. The minimum absolute atomic E-state index is 0.0509. The number of carbonyl (C=O) groups excluding carboxylic acids is 1. The maximum Gasteiger partial charge on any atom is 0.242 e. The fraction of sp³-hybridized carbons (Fsp3) is 0.250. The van der Waals surface area contributed by atoms with E-state index < -0.39 is 0 Å². The second kappa shape index (κ2) is 7.82. The number of nitrogens with one attached hydrogen (secondary N) is 1. The molecule has 0 radical (unpaired) electrons. The predicted octanol–water partition coefficient (Wildman–Crippen LogP) is 2.50. The van der Waals surface area contributed by atoms with Gasteiger partial charge in [0.2, 0.25) is 11.3 Å². The summed E-state index contributed by atoms with van der Waals surface area (Å²) in [6.07, 6.45) is 1.36. The molecule has 1 heterocycles. The van der Waals surface area contributed by atoms with Crippen LogP contribution in [0.1, 0.15) is 19.4 Å². The van der Waals surface area contributed by atoms with E-state index in [4.69, 9.17) is 4.74 Å². The fourth-order valence-electron chi connectivity index (χ4n) is 2.64. The number of hydrogen-bond acceptors (Lipinski definition) is 4. The molecule has 1 amide bonds. The first-order valence-electron chi connectivity index (χ1n) is 8.50. The third kappa shape index (κ3) is 4.27. The second-order valence-electron chi connectivity index (χ2n) is 6.27. The van der Waals surface area contributed by atoms with Gasteiger partial charge < -0.3 is 10.1 Å². The van der Waals surface area contributed by atoms with Crippen molar-refractivity contribution in [1.82, 2.24) is 15.1 Å². The van der Waals surface area contributed by atoms with Gasteiger partial charge in [0.05, 0.1) is 17.8 Å². The lowest BCUT2D eigenvalue weighted by Crippen LogP contribution is -2.28. The number of para-hydroxylation sites is 1. The molecule has 0 spiro atoms. The Morgan fingerprint density at radius 1 is 1.15 bits per heavy atom. The van der Waals surface area contributed by atoms with Gasteiger partial charge in [-0.2, -0.15) is 5.10 Å². The normalized spacial score (nSPS) is 10.9. The minimum atomic E-state index is -0.172. The van der Waals surface area contributed by atoms with Crippen LogP contribution in [0.5, 0.6) is 5.75 Å². The molecule has 26 heavy (non-hydrogen) atoms. The van der Waals surface area contributed by atoms with E-state index in [0.29, 0.717) is 17.4 Å². The molecule has 3 aromatic rings. The van der Waals surface area contributed by atoms with Crippen molar-refractivity contribution >= 4 is 16.8 Å². The van der Waals surface area contributed by atoms with Crippen LogP contribution in [-0.4, -0.2) is 21.8 Å². The van der Waals surface area contributed by atoms with E-state index in [9.17, 15) is 9.59 Å². The first-order valence-corrected chi connectivity index (χ1v) is 8.50. The number of ether oxygens (including phenoxy) is 1. The Kier molecular flexibility index (Phi) is 5.31. The summed E-state index contributed by atoms with van der Waals surface area (Å²) in [5.74, 6) is 0.632. The van der Waals surface area contributed by atoms with E-state index in [0.717, 1.165) is 11.3 Å². The van der Waals surface area contributed by atoms with Crippen molar-refractivity contribution in [3.8, 4) is 5.75 Å². The fourth-order valence-corrected chi connectivity index (χ4v) is 2.64. The Bertz CT molecular complexity index is 962. The Labute approximate surface area is 151 Å². The zero-order chi connectivity index (χ0) is 18.5. The Hall–Kier alpha value is -3.15. The van der Waals surface area contributed by atoms with Crippen molar-refractivity contribution < 1.29 is 9.53 Å². The van der Waals surface area contributed by atoms with Gasteiger partial charge >= 0.3 is 0 Å². The molecule has 3 rings (SSSR count). The van der Waals surface area contributed by atoms with Gasteiger partial charge in [0, 0.05) is 11.9 Å². The van der Waals surface area contributed by atoms with E-state index in [1.165, 1.54) is 10.9 Å². The molecule has 0 bridgehead atoms. The molecule has 0 aliphatic rings. The van der Waals surface area contributed by atoms with E-state index >= 15 is 0 Å². The third-order valence-corrected chi connectivity index (χ3v) is 3.84. The van der Waals surface area contributed by atoms with Gasteiger partial charge in [0.1, 0.15) is 12.3 Å². The van der Waals surface area contributed by atoms with Gasteiger partial charge in [-0.25, -0.2) is 0 Å². The number of fused-ring (bicyclic) bond motifs is 1. The van der Waals surface area contributed by atoms with Crippen LogP contribution in [0.15, 0.2) is 59.5 Å². The zero-order valence-corrected chi connectivity index (χ0v) is 14.8. The van der Waals surface area contributed by atoms with Crippen LogP contribution in [-0.2, 0) is 17.9 Å². The molecule has 1 aromatic heterocycles.